The van der Waals surface area contributed by atoms with Gasteiger partial charge in [0.2, 0.25) is 17.7 Å². The number of aliphatic imine (C=N–C) groups is 2. The molecule has 0 aromatic carbocycles. The number of rotatable bonds is 17. The van der Waals surface area contributed by atoms with E-state index in [0.717, 1.165) is 0 Å². The number of nitrogens with zero attached hydrogens (tertiary/aromatic N) is 2. The van der Waals surface area contributed by atoms with Gasteiger partial charge in [0, 0.05) is 13.1 Å². The molecule has 0 bridgehead atoms. The van der Waals surface area contributed by atoms with Gasteiger partial charge in [-0.05, 0) is 38.0 Å². The van der Waals surface area contributed by atoms with E-state index in [2.05, 4.69) is 25.9 Å². The van der Waals surface area contributed by atoms with E-state index in [1.54, 1.807) is 0 Å². The van der Waals surface area contributed by atoms with Crippen molar-refractivity contribution in [1.29, 1.82) is 0 Å². The van der Waals surface area contributed by atoms with Crippen molar-refractivity contribution >= 4 is 35.6 Å². The van der Waals surface area contributed by atoms with Crippen LogP contribution in [0.15, 0.2) is 9.98 Å². The first-order chi connectivity index (χ1) is 16.3. The molecular formula is C20H40N10O5. The molecular weight excluding hydrogens is 460 g/mol. The molecule has 0 saturated heterocycles. The van der Waals surface area contributed by atoms with Crippen molar-refractivity contribution in [3.8, 4) is 0 Å². The average molecular weight is 501 g/mol. The van der Waals surface area contributed by atoms with Crippen molar-refractivity contribution in [3.63, 3.8) is 0 Å². The first-order valence-electron chi connectivity index (χ1n) is 11.3. The number of guanidine groups is 2. The molecule has 0 radical (unpaired) electrons. The van der Waals surface area contributed by atoms with Crippen LogP contribution in [0.2, 0.25) is 0 Å². The van der Waals surface area contributed by atoms with Gasteiger partial charge in [0.15, 0.2) is 11.9 Å². The highest BCUT2D eigenvalue weighted by Gasteiger charge is 2.28. The van der Waals surface area contributed by atoms with Crippen molar-refractivity contribution in [2.24, 2.45) is 44.6 Å². The normalized spacial score (nSPS) is 13.1. The molecule has 0 spiro atoms. The van der Waals surface area contributed by atoms with Gasteiger partial charge in [0.05, 0.1) is 6.04 Å². The third-order valence-electron chi connectivity index (χ3n) is 4.63. The molecule has 3 amide bonds. The fourth-order valence-corrected chi connectivity index (χ4v) is 3.00. The van der Waals surface area contributed by atoms with E-state index >= 15 is 0 Å². The summed E-state index contributed by atoms with van der Waals surface area (Å²) in [6.07, 6.45) is 1.38. The Bertz CT molecular complexity index is 763. The van der Waals surface area contributed by atoms with Crippen LogP contribution in [0.5, 0.6) is 0 Å². The van der Waals surface area contributed by atoms with Crippen molar-refractivity contribution in [1.82, 2.24) is 16.0 Å². The number of amides is 3. The van der Waals surface area contributed by atoms with E-state index in [1.165, 1.54) is 0 Å². The Morgan fingerprint density at radius 2 is 1.26 bits per heavy atom. The lowest BCUT2D eigenvalue weighted by atomic mass is 10.0. The second-order valence-electron chi connectivity index (χ2n) is 8.37. The van der Waals surface area contributed by atoms with Crippen LogP contribution >= 0.6 is 0 Å². The predicted octanol–water partition coefficient (Wildman–Crippen LogP) is -3.36. The second kappa shape index (κ2) is 16.9. The summed E-state index contributed by atoms with van der Waals surface area (Å²) in [4.78, 5) is 56.6. The fraction of sp³-hybridized carbons (Fsp3) is 0.700. The highest BCUT2D eigenvalue weighted by molar-refractivity contribution is 5.93. The molecule has 15 nitrogen and oxygen atoms in total. The summed E-state index contributed by atoms with van der Waals surface area (Å²) in [7, 11) is 0. The van der Waals surface area contributed by atoms with Gasteiger partial charge in [0.1, 0.15) is 18.6 Å². The quantitative estimate of drug-likeness (QED) is 0.0543. The van der Waals surface area contributed by atoms with Gasteiger partial charge in [-0.3, -0.25) is 29.2 Å². The van der Waals surface area contributed by atoms with E-state index in [-0.39, 0.29) is 43.8 Å². The summed E-state index contributed by atoms with van der Waals surface area (Å²) < 4.78 is 0. The molecule has 0 aromatic heterocycles. The largest absolute Gasteiger partial charge is 0.480 e. The molecule has 0 aliphatic rings. The number of hydrogen-bond acceptors (Lipinski definition) is 7. The summed E-state index contributed by atoms with van der Waals surface area (Å²) in [6.45, 7) is 3.62. The van der Waals surface area contributed by atoms with E-state index in [0.29, 0.717) is 19.3 Å². The van der Waals surface area contributed by atoms with Gasteiger partial charge in [-0.15, -0.1) is 0 Å². The van der Waals surface area contributed by atoms with Crippen molar-refractivity contribution < 1.29 is 24.3 Å². The lowest BCUT2D eigenvalue weighted by molar-refractivity contribution is -0.138. The van der Waals surface area contributed by atoms with Crippen LogP contribution in [0.25, 0.3) is 0 Å². The predicted molar refractivity (Wildman–Crippen MR) is 132 cm³/mol. The van der Waals surface area contributed by atoms with Gasteiger partial charge >= 0.3 is 5.97 Å². The first kappa shape index (κ1) is 31.4. The van der Waals surface area contributed by atoms with Crippen LogP contribution in [0.4, 0.5) is 0 Å². The Labute approximate surface area is 204 Å². The second-order valence-corrected chi connectivity index (χ2v) is 8.37. The molecule has 3 atom stereocenters. The summed E-state index contributed by atoms with van der Waals surface area (Å²) in [5.74, 6) is -3.16. The molecule has 15 heteroatoms. The number of hydrogen-bond donors (Lipinski definition) is 9. The zero-order valence-electron chi connectivity index (χ0n) is 20.3. The summed E-state index contributed by atoms with van der Waals surface area (Å²) in [5, 5.41) is 16.2. The van der Waals surface area contributed by atoms with Gasteiger partial charge in [-0.1, -0.05) is 13.8 Å². The highest BCUT2D eigenvalue weighted by atomic mass is 16.4. The lowest BCUT2D eigenvalue weighted by Crippen LogP contribution is -2.56. The first-order valence-corrected chi connectivity index (χ1v) is 11.3. The number of nitrogens with one attached hydrogen (secondary N) is 3. The van der Waals surface area contributed by atoms with E-state index in [1.807, 2.05) is 13.8 Å². The maximum atomic E-state index is 13.0. The van der Waals surface area contributed by atoms with Gasteiger partial charge in [-0.25, -0.2) is 0 Å². The molecule has 200 valence electrons. The Morgan fingerprint density at radius 3 is 1.69 bits per heavy atom. The number of carbonyl (C=O) groups excluding carboxylic acids is 3. The molecule has 0 saturated carbocycles. The Balaban J connectivity index is 5.45. The summed E-state index contributed by atoms with van der Waals surface area (Å²) >= 11 is 0. The van der Waals surface area contributed by atoms with Crippen LogP contribution in [0.1, 0.15) is 46.0 Å². The minimum Gasteiger partial charge on any atom is -0.480 e. The molecule has 0 aromatic rings. The standard InChI is InChI=1S/C20H40N10O5/c1-11(2)9-12(21)16(33)29-14(6-4-8-27-20(24)25)18(35)30-13(5-3-7-26-19(22)23)17(34)28-10-15(31)32/h11-14H,3-10,21H2,1-2H3,(H,28,34)(H,29,33)(H,30,35)(H,31,32)(H4,22,23,26)(H4,24,25,27). The Kier molecular flexibility index (Phi) is 15.2. The minimum absolute atomic E-state index is 0.107. The zero-order chi connectivity index (χ0) is 27.0. The van der Waals surface area contributed by atoms with Crippen LogP contribution < -0.4 is 44.6 Å². The SMILES string of the molecule is CC(C)CC(N)C(=O)NC(CCCN=C(N)N)C(=O)NC(CCCN=C(N)N)C(=O)NCC(=O)O. The van der Waals surface area contributed by atoms with Gasteiger partial charge in [-0.2, -0.15) is 0 Å². The lowest BCUT2D eigenvalue weighted by Gasteiger charge is -2.24. The number of carboxylic acid groups (broad SMARTS) is 1. The average Bonchev–Trinajstić information content (AvgIpc) is 2.74. The third kappa shape index (κ3) is 15.8. The maximum absolute atomic E-state index is 13.0. The van der Waals surface area contributed by atoms with E-state index < -0.39 is 48.4 Å². The smallest absolute Gasteiger partial charge is 0.322 e. The van der Waals surface area contributed by atoms with E-state index in [9.17, 15) is 19.2 Å². The molecule has 0 aliphatic carbocycles. The summed E-state index contributed by atoms with van der Waals surface area (Å²) in [5.41, 5.74) is 27.1. The summed E-state index contributed by atoms with van der Waals surface area (Å²) in [6, 6.07) is -2.93. The number of carboxylic acids is 1. The molecule has 0 fully saturated rings. The maximum Gasteiger partial charge on any atom is 0.322 e. The zero-order valence-corrected chi connectivity index (χ0v) is 20.3. The fourth-order valence-electron chi connectivity index (χ4n) is 3.00. The van der Waals surface area contributed by atoms with Gasteiger partial charge < -0.3 is 49.7 Å². The van der Waals surface area contributed by atoms with Crippen LogP contribution in [0, 0.1) is 5.92 Å². The van der Waals surface area contributed by atoms with Crippen LogP contribution in [-0.2, 0) is 19.2 Å². The molecule has 3 unspecified atom stereocenters. The van der Waals surface area contributed by atoms with Crippen LogP contribution in [0.3, 0.4) is 0 Å². The molecule has 0 heterocycles. The Morgan fingerprint density at radius 1 is 0.800 bits per heavy atom. The third-order valence-corrected chi connectivity index (χ3v) is 4.63. The molecule has 0 aliphatic heterocycles. The van der Waals surface area contributed by atoms with Crippen molar-refractivity contribution in [2.45, 2.75) is 64.1 Å². The number of carbonyl (C=O) groups is 4. The molecule has 35 heavy (non-hydrogen) atoms. The highest BCUT2D eigenvalue weighted by Crippen LogP contribution is 2.06. The van der Waals surface area contributed by atoms with Crippen molar-refractivity contribution in [3.05, 3.63) is 0 Å². The molecule has 0 rings (SSSR count). The van der Waals surface area contributed by atoms with Crippen molar-refractivity contribution in [2.75, 3.05) is 19.6 Å². The topological polar surface area (TPSA) is 279 Å². The Hall–Kier alpha value is -3.62. The van der Waals surface area contributed by atoms with Gasteiger partial charge in [0.25, 0.3) is 0 Å². The number of aliphatic carboxylic acids is 1. The number of nitrogens with two attached hydrogens (primary N) is 5. The van der Waals surface area contributed by atoms with E-state index in [4.69, 9.17) is 33.8 Å². The van der Waals surface area contributed by atoms with Crippen LogP contribution in [-0.4, -0.2) is 78.5 Å². The minimum atomic E-state index is -1.24. The molecule has 14 N–H and O–H groups in total. The monoisotopic (exact) mass is 500 g/mol.